The first-order valence-corrected chi connectivity index (χ1v) is 6.45. The molecular formula is C8H20N2O2S. The van der Waals surface area contributed by atoms with Gasteiger partial charge in [0.25, 0.3) is 0 Å². The molecule has 0 atom stereocenters. The first-order chi connectivity index (χ1) is 6.12. The Hall–Kier alpha value is -0.130. The summed E-state index contributed by atoms with van der Waals surface area (Å²) in [5.74, 6) is 0.220. The third kappa shape index (κ3) is 8.21. The van der Waals surface area contributed by atoms with Crippen LogP contribution in [0, 0.1) is 0 Å². The highest BCUT2D eigenvalue weighted by Crippen LogP contribution is 1.87. The number of hydrogen-bond acceptors (Lipinski definition) is 3. The zero-order valence-electron chi connectivity index (χ0n) is 8.47. The molecule has 0 amide bonds. The van der Waals surface area contributed by atoms with Crippen molar-refractivity contribution in [1.29, 1.82) is 0 Å². The van der Waals surface area contributed by atoms with Crippen LogP contribution in [0.4, 0.5) is 0 Å². The number of rotatable bonds is 8. The zero-order valence-corrected chi connectivity index (χ0v) is 9.28. The molecule has 0 aromatic rings. The van der Waals surface area contributed by atoms with Gasteiger partial charge in [-0.3, -0.25) is 0 Å². The van der Waals surface area contributed by atoms with Gasteiger partial charge < -0.3 is 5.32 Å². The van der Waals surface area contributed by atoms with Crippen molar-refractivity contribution in [2.75, 3.05) is 25.4 Å². The van der Waals surface area contributed by atoms with Gasteiger partial charge in [-0.05, 0) is 25.9 Å². The SMILES string of the molecule is CCCNCCCS(=O)(=O)NCC. The molecule has 0 aromatic carbocycles. The van der Waals surface area contributed by atoms with Crippen LogP contribution in [0.15, 0.2) is 0 Å². The van der Waals surface area contributed by atoms with E-state index in [0.29, 0.717) is 13.0 Å². The van der Waals surface area contributed by atoms with Crippen LogP contribution in [0.3, 0.4) is 0 Å². The van der Waals surface area contributed by atoms with Crippen molar-refractivity contribution in [2.24, 2.45) is 0 Å². The van der Waals surface area contributed by atoms with Gasteiger partial charge in [0.15, 0.2) is 0 Å². The molecule has 0 aliphatic carbocycles. The molecule has 0 fully saturated rings. The van der Waals surface area contributed by atoms with Gasteiger partial charge in [-0.2, -0.15) is 0 Å². The second-order valence-electron chi connectivity index (χ2n) is 2.92. The molecule has 0 unspecified atom stereocenters. The Morgan fingerprint density at radius 2 is 1.85 bits per heavy atom. The maximum Gasteiger partial charge on any atom is 0.211 e. The molecule has 4 nitrogen and oxygen atoms in total. The van der Waals surface area contributed by atoms with Crippen molar-refractivity contribution >= 4 is 10.0 Å². The summed E-state index contributed by atoms with van der Waals surface area (Å²) >= 11 is 0. The summed E-state index contributed by atoms with van der Waals surface area (Å²) in [6, 6.07) is 0. The van der Waals surface area contributed by atoms with E-state index < -0.39 is 10.0 Å². The molecule has 0 heterocycles. The highest BCUT2D eigenvalue weighted by molar-refractivity contribution is 7.89. The van der Waals surface area contributed by atoms with Crippen molar-refractivity contribution in [2.45, 2.75) is 26.7 Å². The lowest BCUT2D eigenvalue weighted by molar-refractivity contribution is 0.577. The van der Waals surface area contributed by atoms with E-state index in [1.165, 1.54) is 0 Å². The Balaban J connectivity index is 3.41. The molecule has 0 radical (unpaired) electrons. The van der Waals surface area contributed by atoms with Gasteiger partial charge in [-0.15, -0.1) is 0 Å². The quantitative estimate of drug-likeness (QED) is 0.565. The van der Waals surface area contributed by atoms with Crippen LogP contribution in [-0.4, -0.2) is 33.8 Å². The summed E-state index contributed by atoms with van der Waals surface area (Å²) in [6.45, 7) is 6.08. The lowest BCUT2D eigenvalue weighted by Crippen LogP contribution is -2.28. The van der Waals surface area contributed by atoms with E-state index in [1.54, 1.807) is 6.92 Å². The van der Waals surface area contributed by atoms with Gasteiger partial charge in [-0.25, -0.2) is 13.1 Å². The molecule has 0 spiro atoms. The van der Waals surface area contributed by atoms with E-state index >= 15 is 0 Å². The average molecular weight is 208 g/mol. The summed E-state index contributed by atoms with van der Waals surface area (Å²) in [5.41, 5.74) is 0. The zero-order chi connectivity index (χ0) is 10.2. The molecule has 0 aromatic heterocycles. The van der Waals surface area contributed by atoms with Gasteiger partial charge >= 0.3 is 0 Å². The lowest BCUT2D eigenvalue weighted by atomic mass is 10.4. The van der Waals surface area contributed by atoms with Gasteiger partial charge in [0.2, 0.25) is 10.0 Å². The minimum atomic E-state index is -3.01. The standard InChI is InChI=1S/C8H20N2O2S/c1-3-6-9-7-5-8-13(11,12)10-4-2/h9-10H,3-8H2,1-2H3. The fourth-order valence-electron chi connectivity index (χ4n) is 0.981. The smallest absolute Gasteiger partial charge is 0.211 e. The molecule has 0 rings (SSSR count). The van der Waals surface area contributed by atoms with Crippen LogP contribution in [0.1, 0.15) is 26.7 Å². The molecule has 0 bridgehead atoms. The fraction of sp³-hybridized carbons (Fsp3) is 1.00. The van der Waals surface area contributed by atoms with E-state index in [2.05, 4.69) is 17.0 Å². The van der Waals surface area contributed by atoms with Crippen molar-refractivity contribution in [3.05, 3.63) is 0 Å². The van der Waals surface area contributed by atoms with Crippen molar-refractivity contribution < 1.29 is 8.42 Å². The van der Waals surface area contributed by atoms with Crippen molar-refractivity contribution in [1.82, 2.24) is 10.0 Å². The number of sulfonamides is 1. The molecule has 80 valence electrons. The Labute approximate surface area is 81.2 Å². The van der Waals surface area contributed by atoms with E-state index in [9.17, 15) is 8.42 Å². The predicted octanol–water partition coefficient (Wildman–Crippen LogP) is 0.315. The topological polar surface area (TPSA) is 58.2 Å². The Bertz CT molecular complexity index is 202. The first kappa shape index (κ1) is 12.9. The summed E-state index contributed by atoms with van der Waals surface area (Å²) in [6.07, 6.45) is 1.76. The molecule has 0 saturated heterocycles. The molecule has 2 N–H and O–H groups in total. The van der Waals surface area contributed by atoms with E-state index in [0.717, 1.165) is 19.5 Å². The molecular weight excluding hydrogens is 188 g/mol. The summed E-state index contributed by atoms with van der Waals surface area (Å²) in [7, 11) is -3.01. The molecule has 0 aliphatic heterocycles. The Kier molecular flexibility index (Phi) is 7.22. The summed E-state index contributed by atoms with van der Waals surface area (Å²) < 4.78 is 24.7. The largest absolute Gasteiger partial charge is 0.317 e. The first-order valence-electron chi connectivity index (χ1n) is 4.80. The van der Waals surface area contributed by atoms with Crippen LogP contribution >= 0.6 is 0 Å². The third-order valence-corrected chi connectivity index (χ3v) is 3.11. The summed E-state index contributed by atoms with van der Waals surface area (Å²) in [4.78, 5) is 0. The van der Waals surface area contributed by atoms with Gasteiger partial charge in [0.1, 0.15) is 0 Å². The third-order valence-electron chi connectivity index (χ3n) is 1.56. The molecule has 0 saturated carbocycles. The summed E-state index contributed by atoms with van der Waals surface area (Å²) in [5, 5.41) is 3.16. The molecule has 13 heavy (non-hydrogen) atoms. The minimum absolute atomic E-state index is 0.220. The highest BCUT2D eigenvalue weighted by atomic mass is 32.2. The van der Waals surface area contributed by atoms with E-state index in [1.807, 2.05) is 0 Å². The maximum atomic E-state index is 11.1. The second kappa shape index (κ2) is 7.29. The molecule has 5 heteroatoms. The second-order valence-corrected chi connectivity index (χ2v) is 4.85. The Morgan fingerprint density at radius 3 is 2.38 bits per heavy atom. The van der Waals surface area contributed by atoms with Crippen molar-refractivity contribution in [3.8, 4) is 0 Å². The van der Waals surface area contributed by atoms with Crippen LogP contribution in [-0.2, 0) is 10.0 Å². The highest BCUT2D eigenvalue weighted by Gasteiger charge is 2.06. The van der Waals surface area contributed by atoms with E-state index in [4.69, 9.17) is 0 Å². The van der Waals surface area contributed by atoms with Crippen LogP contribution in [0.5, 0.6) is 0 Å². The predicted molar refractivity (Wildman–Crippen MR) is 55.2 cm³/mol. The van der Waals surface area contributed by atoms with Crippen LogP contribution in [0.25, 0.3) is 0 Å². The fourth-order valence-corrected chi connectivity index (χ4v) is 2.09. The van der Waals surface area contributed by atoms with Gasteiger partial charge in [0.05, 0.1) is 5.75 Å². The van der Waals surface area contributed by atoms with Crippen molar-refractivity contribution in [3.63, 3.8) is 0 Å². The Morgan fingerprint density at radius 1 is 1.15 bits per heavy atom. The number of nitrogens with one attached hydrogen (secondary N) is 2. The number of hydrogen-bond donors (Lipinski definition) is 2. The minimum Gasteiger partial charge on any atom is -0.317 e. The van der Waals surface area contributed by atoms with Gasteiger partial charge in [-0.1, -0.05) is 13.8 Å². The monoisotopic (exact) mass is 208 g/mol. The van der Waals surface area contributed by atoms with Gasteiger partial charge in [0, 0.05) is 6.54 Å². The normalized spacial score (nSPS) is 11.8. The van der Waals surface area contributed by atoms with E-state index in [-0.39, 0.29) is 5.75 Å². The lowest BCUT2D eigenvalue weighted by Gasteiger charge is -2.04. The average Bonchev–Trinajstić information content (AvgIpc) is 2.04. The maximum absolute atomic E-state index is 11.1. The molecule has 0 aliphatic rings. The van der Waals surface area contributed by atoms with Crippen LogP contribution < -0.4 is 10.0 Å². The van der Waals surface area contributed by atoms with Crippen LogP contribution in [0.2, 0.25) is 0 Å².